The van der Waals surface area contributed by atoms with Gasteiger partial charge in [-0.05, 0) is 48.5 Å². The number of hydrogen-bond donors (Lipinski definition) is 3. The highest BCUT2D eigenvalue weighted by Gasteiger charge is 2.25. The Morgan fingerprint density at radius 2 is 1.89 bits per heavy atom. The van der Waals surface area contributed by atoms with Crippen LogP contribution in [-0.2, 0) is 14.8 Å². The van der Waals surface area contributed by atoms with Crippen LogP contribution < -0.4 is 10.0 Å². The molecule has 2 aromatic carbocycles. The summed E-state index contributed by atoms with van der Waals surface area (Å²) >= 11 is 5.75. The standard InChI is InChI=1S/C18H16ClN3O4S/c19-13-3-6-15(7-4-13)27(25,26)22-17(11-23)18(24)21-14-5-8-16-12(10-14)2-1-9-20-16/h1-10,17,22-23H,11H2,(H,21,24). The van der Waals surface area contributed by atoms with E-state index in [0.29, 0.717) is 10.7 Å². The van der Waals surface area contributed by atoms with Gasteiger partial charge in [0, 0.05) is 22.3 Å². The zero-order chi connectivity index (χ0) is 19.4. The minimum absolute atomic E-state index is 0.0603. The molecular formula is C18H16ClN3O4S. The number of rotatable bonds is 6. The number of halogens is 1. The van der Waals surface area contributed by atoms with Crippen LogP contribution in [0.3, 0.4) is 0 Å². The number of sulfonamides is 1. The number of carbonyl (C=O) groups is 1. The summed E-state index contributed by atoms with van der Waals surface area (Å²) in [5.41, 5.74) is 1.22. The summed E-state index contributed by atoms with van der Waals surface area (Å²) < 4.78 is 27.0. The lowest BCUT2D eigenvalue weighted by atomic mass is 10.2. The molecule has 3 rings (SSSR count). The average molecular weight is 406 g/mol. The third kappa shape index (κ3) is 4.61. The van der Waals surface area contributed by atoms with Crippen molar-refractivity contribution >= 4 is 44.1 Å². The van der Waals surface area contributed by atoms with E-state index in [1.165, 1.54) is 24.3 Å². The van der Waals surface area contributed by atoms with Crippen molar-refractivity contribution in [3.8, 4) is 0 Å². The fourth-order valence-corrected chi connectivity index (χ4v) is 3.74. The first-order valence-corrected chi connectivity index (χ1v) is 9.79. The van der Waals surface area contributed by atoms with Gasteiger partial charge < -0.3 is 10.4 Å². The van der Waals surface area contributed by atoms with Crippen molar-refractivity contribution in [2.45, 2.75) is 10.9 Å². The van der Waals surface area contributed by atoms with Gasteiger partial charge in [-0.15, -0.1) is 0 Å². The SMILES string of the molecule is O=C(Nc1ccc2ncccc2c1)C(CO)NS(=O)(=O)c1ccc(Cl)cc1. The van der Waals surface area contributed by atoms with Crippen LogP contribution in [0, 0.1) is 0 Å². The molecule has 1 amide bonds. The number of fused-ring (bicyclic) bond motifs is 1. The number of hydrogen-bond acceptors (Lipinski definition) is 5. The van der Waals surface area contributed by atoms with Crippen molar-refractivity contribution in [2.24, 2.45) is 0 Å². The molecule has 0 aliphatic rings. The Morgan fingerprint density at radius 3 is 2.59 bits per heavy atom. The molecule has 1 heterocycles. The summed E-state index contributed by atoms with van der Waals surface area (Å²) in [5, 5.41) is 13.3. The van der Waals surface area contributed by atoms with Gasteiger partial charge in [0.2, 0.25) is 15.9 Å². The van der Waals surface area contributed by atoms with Crippen LogP contribution in [0.25, 0.3) is 10.9 Å². The van der Waals surface area contributed by atoms with E-state index in [-0.39, 0.29) is 4.90 Å². The van der Waals surface area contributed by atoms with Crippen molar-refractivity contribution < 1.29 is 18.3 Å². The molecule has 27 heavy (non-hydrogen) atoms. The van der Waals surface area contributed by atoms with Crippen LogP contribution in [0.5, 0.6) is 0 Å². The monoisotopic (exact) mass is 405 g/mol. The predicted molar refractivity (Wildman–Crippen MR) is 103 cm³/mol. The molecule has 0 saturated heterocycles. The number of pyridine rings is 1. The van der Waals surface area contributed by atoms with Gasteiger partial charge in [0.25, 0.3) is 0 Å². The highest BCUT2D eigenvalue weighted by molar-refractivity contribution is 7.89. The first kappa shape index (κ1) is 19.2. The highest BCUT2D eigenvalue weighted by Crippen LogP contribution is 2.18. The molecule has 0 radical (unpaired) electrons. The number of nitrogens with zero attached hydrogens (tertiary/aromatic N) is 1. The molecule has 0 fully saturated rings. The number of anilines is 1. The lowest BCUT2D eigenvalue weighted by molar-refractivity contribution is -0.118. The largest absolute Gasteiger partial charge is 0.394 e. The third-order valence-corrected chi connectivity index (χ3v) is 5.53. The van der Waals surface area contributed by atoms with Gasteiger partial charge >= 0.3 is 0 Å². The van der Waals surface area contributed by atoms with Gasteiger partial charge in [0.05, 0.1) is 17.0 Å². The smallest absolute Gasteiger partial charge is 0.244 e. The second-order valence-electron chi connectivity index (χ2n) is 5.71. The van der Waals surface area contributed by atoms with E-state index in [1.807, 2.05) is 6.07 Å². The molecule has 9 heteroatoms. The third-order valence-electron chi connectivity index (χ3n) is 3.79. The fourth-order valence-electron chi connectivity index (χ4n) is 2.43. The van der Waals surface area contributed by atoms with Crippen LogP contribution in [0.2, 0.25) is 5.02 Å². The normalized spacial score (nSPS) is 12.7. The molecule has 0 aliphatic heterocycles. The quantitative estimate of drug-likeness (QED) is 0.582. The maximum atomic E-state index is 12.4. The van der Waals surface area contributed by atoms with Crippen molar-refractivity contribution in [2.75, 3.05) is 11.9 Å². The first-order valence-electron chi connectivity index (χ1n) is 7.93. The summed E-state index contributed by atoms with van der Waals surface area (Å²) in [4.78, 5) is 16.5. The molecule has 140 valence electrons. The molecule has 1 atom stereocenters. The summed E-state index contributed by atoms with van der Waals surface area (Å²) in [6.45, 7) is -0.701. The molecular weight excluding hydrogens is 390 g/mol. The number of nitrogens with one attached hydrogen (secondary N) is 2. The lowest BCUT2D eigenvalue weighted by Gasteiger charge is -2.16. The topological polar surface area (TPSA) is 108 Å². The number of amides is 1. The summed E-state index contributed by atoms with van der Waals surface area (Å²) in [6, 6.07) is 12.8. The van der Waals surface area contributed by atoms with Gasteiger partial charge in [-0.2, -0.15) is 4.72 Å². The number of aliphatic hydroxyl groups is 1. The van der Waals surface area contributed by atoms with Gasteiger partial charge in [0.1, 0.15) is 6.04 Å². The van der Waals surface area contributed by atoms with E-state index >= 15 is 0 Å². The summed E-state index contributed by atoms with van der Waals surface area (Å²) in [7, 11) is -4.00. The Morgan fingerprint density at radius 1 is 1.15 bits per heavy atom. The van der Waals surface area contributed by atoms with Gasteiger partial charge in [-0.25, -0.2) is 8.42 Å². The maximum absolute atomic E-state index is 12.4. The van der Waals surface area contributed by atoms with E-state index < -0.39 is 28.6 Å². The molecule has 1 unspecified atom stereocenters. The molecule has 0 aliphatic carbocycles. The zero-order valence-corrected chi connectivity index (χ0v) is 15.5. The van der Waals surface area contributed by atoms with Crippen LogP contribution in [-0.4, -0.2) is 37.1 Å². The van der Waals surface area contributed by atoms with Gasteiger partial charge in [-0.1, -0.05) is 17.7 Å². The van der Waals surface area contributed by atoms with Crippen molar-refractivity contribution in [3.63, 3.8) is 0 Å². The number of aromatic nitrogens is 1. The van der Waals surface area contributed by atoms with Crippen LogP contribution in [0.4, 0.5) is 5.69 Å². The molecule has 0 spiro atoms. The Labute approximate surface area is 161 Å². The van der Waals surface area contributed by atoms with Gasteiger partial charge in [0.15, 0.2) is 0 Å². The van der Waals surface area contributed by atoms with Crippen molar-refractivity contribution in [1.82, 2.24) is 9.71 Å². The Bertz CT molecular complexity index is 1070. The van der Waals surface area contributed by atoms with Crippen molar-refractivity contribution in [1.29, 1.82) is 0 Å². The maximum Gasteiger partial charge on any atom is 0.244 e. The first-order chi connectivity index (χ1) is 12.9. The Balaban J connectivity index is 1.75. The molecule has 0 saturated carbocycles. The van der Waals surface area contributed by atoms with Gasteiger partial charge in [-0.3, -0.25) is 9.78 Å². The van der Waals surface area contributed by atoms with Crippen LogP contribution in [0.1, 0.15) is 0 Å². The minimum atomic E-state index is -4.00. The molecule has 0 bridgehead atoms. The van der Waals surface area contributed by atoms with E-state index in [0.717, 1.165) is 10.9 Å². The second kappa shape index (κ2) is 8.01. The molecule has 3 N–H and O–H groups in total. The van der Waals surface area contributed by atoms with E-state index in [9.17, 15) is 18.3 Å². The van der Waals surface area contributed by atoms with Crippen LogP contribution in [0.15, 0.2) is 65.7 Å². The van der Waals surface area contributed by atoms with E-state index in [4.69, 9.17) is 11.6 Å². The van der Waals surface area contributed by atoms with Crippen LogP contribution >= 0.6 is 11.6 Å². The minimum Gasteiger partial charge on any atom is -0.394 e. The van der Waals surface area contributed by atoms with E-state index in [2.05, 4.69) is 15.0 Å². The van der Waals surface area contributed by atoms with E-state index in [1.54, 1.807) is 30.5 Å². The molecule has 7 nitrogen and oxygen atoms in total. The number of carbonyl (C=O) groups excluding carboxylic acids is 1. The average Bonchev–Trinajstić information content (AvgIpc) is 2.66. The Kier molecular flexibility index (Phi) is 5.71. The van der Waals surface area contributed by atoms with Crippen molar-refractivity contribution in [3.05, 3.63) is 65.8 Å². The summed E-state index contributed by atoms with van der Waals surface area (Å²) in [6.07, 6.45) is 1.66. The number of benzene rings is 2. The predicted octanol–water partition coefficient (Wildman–Crippen LogP) is 2.17. The molecule has 1 aromatic heterocycles. The molecule has 3 aromatic rings. The Hall–Kier alpha value is -2.52. The fraction of sp³-hybridized carbons (Fsp3) is 0.111. The second-order valence-corrected chi connectivity index (χ2v) is 7.86. The zero-order valence-electron chi connectivity index (χ0n) is 14.0. The lowest BCUT2D eigenvalue weighted by Crippen LogP contribution is -2.46. The summed E-state index contributed by atoms with van der Waals surface area (Å²) in [5.74, 6) is -0.682. The number of aliphatic hydroxyl groups excluding tert-OH is 1. The highest BCUT2D eigenvalue weighted by atomic mass is 35.5.